The van der Waals surface area contributed by atoms with Gasteiger partial charge in [-0.2, -0.15) is 0 Å². The SMILES string of the molecule is O=S1(=O)C[C@H](O)[C@H](Nc2ccc(NS(=O)(=O)c3cccc4cccnc34)cc2)C1. The van der Waals surface area contributed by atoms with Crippen LogP contribution in [0.5, 0.6) is 0 Å². The molecule has 0 bridgehead atoms. The van der Waals surface area contributed by atoms with E-state index < -0.39 is 32.0 Å². The maximum atomic E-state index is 12.8. The molecule has 0 aliphatic carbocycles. The Morgan fingerprint density at radius 3 is 2.34 bits per heavy atom. The molecule has 1 aromatic heterocycles. The second-order valence-corrected chi connectivity index (χ2v) is 10.7. The van der Waals surface area contributed by atoms with Crippen LogP contribution in [0.1, 0.15) is 0 Å². The Balaban J connectivity index is 1.52. The van der Waals surface area contributed by atoms with E-state index in [0.717, 1.165) is 5.39 Å². The Hall–Kier alpha value is -2.69. The molecule has 3 aromatic rings. The topological polar surface area (TPSA) is 125 Å². The molecule has 29 heavy (non-hydrogen) atoms. The van der Waals surface area contributed by atoms with Crippen molar-refractivity contribution in [2.45, 2.75) is 17.0 Å². The predicted octanol–water partition coefficient (Wildman–Crippen LogP) is 1.61. The number of aromatic nitrogens is 1. The highest BCUT2D eigenvalue weighted by Crippen LogP contribution is 2.25. The molecule has 1 aliphatic rings. The number of hydrogen-bond acceptors (Lipinski definition) is 7. The van der Waals surface area contributed by atoms with E-state index in [0.29, 0.717) is 16.9 Å². The van der Waals surface area contributed by atoms with Crippen LogP contribution < -0.4 is 10.0 Å². The van der Waals surface area contributed by atoms with Gasteiger partial charge in [-0.25, -0.2) is 16.8 Å². The van der Waals surface area contributed by atoms with Crippen LogP contribution >= 0.6 is 0 Å². The molecule has 8 nitrogen and oxygen atoms in total. The number of rotatable bonds is 5. The van der Waals surface area contributed by atoms with E-state index in [1.54, 1.807) is 54.7 Å². The van der Waals surface area contributed by atoms with Crippen molar-refractivity contribution in [2.24, 2.45) is 0 Å². The zero-order valence-corrected chi connectivity index (χ0v) is 16.8. The molecule has 3 N–H and O–H groups in total. The van der Waals surface area contributed by atoms with Gasteiger partial charge in [0.2, 0.25) is 0 Å². The van der Waals surface area contributed by atoms with Gasteiger partial charge in [0.05, 0.1) is 29.2 Å². The molecule has 4 rings (SSSR count). The van der Waals surface area contributed by atoms with Gasteiger partial charge in [0.25, 0.3) is 10.0 Å². The summed E-state index contributed by atoms with van der Waals surface area (Å²) in [6, 6.07) is 14.3. The van der Waals surface area contributed by atoms with Crippen LogP contribution in [-0.4, -0.2) is 50.6 Å². The molecule has 0 spiro atoms. The van der Waals surface area contributed by atoms with Gasteiger partial charge in [0.15, 0.2) is 9.84 Å². The van der Waals surface area contributed by atoms with E-state index >= 15 is 0 Å². The zero-order valence-electron chi connectivity index (χ0n) is 15.2. The van der Waals surface area contributed by atoms with Crippen LogP contribution in [0.3, 0.4) is 0 Å². The minimum Gasteiger partial charge on any atom is -0.390 e. The van der Waals surface area contributed by atoms with Crippen molar-refractivity contribution in [1.29, 1.82) is 0 Å². The second-order valence-electron chi connectivity index (χ2n) is 6.91. The summed E-state index contributed by atoms with van der Waals surface area (Å²) in [5, 5.41) is 13.6. The van der Waals surface area contributed by atoms with E-state index in [9.17, 15) is 21.9 Å². The maximum Gasteiger partial charge on any atom is 0.264 e. The average Bonchev–Trinajstić information content (AvgIpc) is 2.94. The van der Waals surface area contributed by atoms with E-state index in [1.807, 2.05) is 0 Å². The molecule has 0 amide bonds. The quantitative estimate of drug-likeness (QED) is 0.558. The van der Waals surface area contributed by atoms with Gasteiger partial charge >= 0.3 is 0 Å². The standard InChI is InChI=1S/C19H19N3O5S2/c23-17-12-28(24,25)11-16(17)21-14-6-8-15(9-7-14)22-29(26,27)18-5-1-3-13-4-2-10-20-19(13)18/h1-10,16-17,21-23H,11-12H2/t16-,17+/m1/s1. The van der Waals surface area contributed by atoms with Crippen molar-refractivity contribution in [3.8, 4) is 0 Å². The molecule has 0 saturated carbocycles. The summed E-state index contributed by atoms with van der Waals surface area (Å²) in [4.78, 5) is 4.26. The summed E-state index contributed by atoms with van der Waals surface area (Å²) in [6.45, 7) is 0. The van der Waals surface area contributed by atoms with Crippen molar-refractivity contribution in [1.82, 2.24) is 4.98 Å². The Morgan fingerprint density at radius 1 is 0.966 bits per heavy atom. The predicted molar refractivity (Wildman–Crippen MR) is 111 cm³/mol. The molecule has 152 valence electrons. The Labute approximate surface area is 168 Å². The first-order valence-electron chi connectivity index (χ1n) is 8.85. The molecule has 2 aromatic carbocycles. The molecule has 0 unspecified atom stereocenters. The molecular formula is C19H19N3O5S2. The number of nitrogens with zero attached hydrogens (tertiary/aromatic N) is 1. The summed E-state index contributed by atoms with van der Waals surface area (Å²) >= 11 is 0. The number of hydrogen-bond donors (Lipinski definition) is 3. The third kappa shape index (κ3) is 4.19. The lowest BCUT2D eigenvalue weighted by Gasteiger charge is -2.17. The van der Waals surface area contributed by atoms with Crippen LogP contribution in [-0.2, 0) is 19.9 Å². The molecule has 1 fully saturated rings. The van der Waals surface area contributed by atoms with Gasteiger partial charge in [0.1, 0.15) is 4.90 Å². The first-order chi connectivity index (χ1) is 13.7. The summed E-state index contributed by atoms with van der Waals surface area (Å²) in [6.07, 6.45) is 0.566. The van der Waals surface area contributed by atoms with Gasteiger partial charge < -0.3 is 10.4 Å². The van der Waals surface area contributed by atoms with Crippen molar-refractivity contribution in [3.63, 3.8) is 0 Å². The van der Waals surface area contributed by atoms with Crippen LogP contribution in [0.25, 0.3) is 10.9 Å². The fourth-order valence-electron chi connectivity index (χ4n) is 3.32. The van der Waals surface area contributed by atoms with Crippen molar-refractivity contribution in [2.75, 3.05) is 21.5 Å². The lowest BCUT2D eigenvalue weighted by Crippen LogP contribution is -2.31. The Bertz CT molecular complexity index is 1250. The average molecular weight is 434 g/mol. The summed E-state index contributed by atoms with van der Waals surface area (Å²) < 4.78 is 51.4. The lowest BCUT2D eigenvalue weighted by molar-refractivity contribution is 0.190. The van der Waals surface area contributed by atoms with E-state index in [1.165, 1.54) is 6.07 Å². The van der Waals surface area contributed by atoms with Crippen molar-refractivity contribution < 1.29 is 21.9 Å². The number of sulfone groups is 1. The smallest absolute Gasteiger partial charge is 0.264 e. The van der Waals surface area contributed by atoms with E-state index in [4.69, 9.17) is 0 Å². The highest BCUT2D eigenvalue weighted by atomic mass is 32.2. The molecule has 10 heteroatoms. The van der Waals surface area contributed by atoms with Gasteiger partial charge in [-0.3, -0.25) is 9.71 Å². The number of sulfonamides is 1. The second kappa shape index (κ2) is 7.29. The van der Waals surface area contributed by atoms with Gasteiger partial charge in [0, 0.05) is 23.0 Å². The van der Waals surface area contributed by atoms with Crippen LogP contribution in [0.2, 0.25) is 0 Å². The molecular weight excluding hydrogens is 414 g/mol. The first kappa shape index (κ1) is 19.6. The van der Waals surface area contributed by atoms with E-state index in [2.05, 4.69) is 15.0 Å². The van der Waals surface area contributed by atoms with Gasteiger partial charge in [-0.15, -0.1) is 0 Å². The fourth-order valence-corrected chi connectivity index (χ4v) is 6.30. The summed E-state index contributed by atoms with van der Waals surface area (Å²) in [5.74, 6) is -0.405. The lowest BCUT2D eigenvalue weighted by atomic mass is 10.2. The minimum absolute atomic E-state index is 0.0806. The number of benzene rings is 2. The number of aliphatic hydroxyl groups excluding tert-OH is 1. The van der Waals surface area contributed by atoms with Crippen LogP contribution in [0.4, 0.5) is 11.4 Å². The number of aliphatic hydroxyl groups is 1. The summed E-state index contributed by atoms with van der Waals surface area (Å²) in [7, 11) is -7.11. The molecule has 2 heterocycles. The molecule has 1 aliphatic heterocycles. The van der Waals surface area contributed by atoms with Crippen LogP contribution in [0.15, 0.2) is 65.7 Å². The minimum atomic E-state index is -3.85. The number of fused-ring (bicyclic) bond motifs is 1. The molecule has 0 radical (unpaired) electrons. The third-order valence-corrected chi connectivity index (χ3v) is 7.83. The highest BCUT2D eigenvalue weighted by Gasteiger charge is 2.36. The Morgan fingerprint density at radius 2 is 1.66 bits per heavy atom. The largest absolute Gasteiger partial charge is 0.390 e. The van der Waals surface area contributed by atoms with Crippen LogP contribution in [0, 0.1) is 0 Å². The number of pyridine rings is 1. The highest BCUT2D eigenvalue weighted by molar-refractivity contribution is 7.93. The van der Waals surface area contributed by atoms with Gasteiger partial charge in [-0.05, 0) is 36.4 Å². The number of nitrogens with one attached hydrogen (secondary N) is 2. The maximum absolute atomic E-state index is 12.8. The monoisotopic (exact) mass is 433 g/mol. The number of anilines is 2. The van der Waals surface area contributed by atoms with Crippen molar-refractivity contribution in [3.05, 3.63) is 60.8 Å². The normalized spacial score (nSPS) is 21.1. The molecule has 2 atom stereocenters. The van der Waals surface area contributed by atoms with Gasteiger partial charge in [-0.1, -0.05) is 18.2 Å². The van der Waals surface area contributed by atoms with Crippen molar-refractivity contribution >= 4 is 42.1 Å². The third-order valence-electron chi connectivity index (χ3n) is 4.70. The Kier molecular flexibility index (Phi) is 4.93. The number of para-hydroxylation sites is 1. The molecule has 1 saturated heterocycles. The first-order valence-corrected chi connectivity index (χ1v) is 12.2. The van der Waals surface area contributed by atoms with E-state index in [-0.39, 0.29) is 16.4 Å². The summed E-state index contributed by atoms with van der Waals surface area (Å²) in [5.41, 5.74) is 1.32. The zero-order chi connectivity index (χ0) is 20.6. The fraction of sp³-hybridized carbons (Fsp3) is 0.211.